The molecule has 0 spiro atoms. The molecule has 0 aliphatic rings. The van der Waals surface area contributed by atoms with E-state index in [1.165, 1.54) is 0 Å². The van der Waals surface area contributed by atoms with Crippen molar-refractivity contribution in [2.24, 2.45) is 0 Å². The van der Waals surface area contributed by atoms with Gasteiger partial charge in [0.2, 0.25) is 0 Å². The second-order valence-corrected chi connectivity index (χ2v) is 3.88. The van der Waals surface area contributed by atoms with Crippen LogP contribution in [-0.2, 0) is 4.57 Å². The van der Waals surface area contributed by atoms with E-state index < -0.39 is 7.82 Å². The molecule has 0 aromatic heterocycles. The molecule has 0 bridgehead atoms. The van der Waals surface area contributed by atoms with E-state index in [0.29, 0.717) is 5.88 Å². The van der Waals surface area contributed by atoms with Crippen molar-refractivity contribution in [3.8, 4) is 0 Å². The van der Waals surface area contributed by atoms with E-state index in [0.717, 1.165) is 31.6 Å². The van der Waals surface area contributed by atoms with E-state index in [9.17, 15) is 0 Å². The number of phosphoric acid groups is 1. The van der Waals surface area contributed by atoms with Crippen LogP contribution in [0.1, 0.15) is 0 Å². The minimum atomic E-state index is -4.64. The van der Waals surface area contributed by atoms with Gasteiger partial charge in [0.25, 0.3) is 0 Å². The van der Waals surface area contributed by atoms with Crippen LogP contribution < -0.4 is 0 Å². The van der Waals surface area contributed by atoms with Crippen LogP contribution in [0.15, 0.2) is 0 Å². The molecule has 1 atom stereocenters. The van der Waals surface area contributed by atoms with Gasteiger partial charge in [-0.3, -0.25) is 0 Å². The van der Waals surface area contributed by atoms with Crippen LogP contribution in [0.4, 0.5) is 0 Å². The number of alkyl halides is 1. The average Bonchev–Trinajstić information content (AvgIpc) is 1.83. The standard InChI is InChI=1S/C3H6ClO.Na.H3O4P/c1-3(5)2-4;;1-5(2,3)4/h3,5H,1-2H2;;(H3,1,2,3,4). The van der Waals surface area contributed by atoms with E-state index in [1.54, 1.807) is 0 Å². The summed E-state index contributed by atoms with van der Waals surface area (Å²) in [5, 5.41) is 8.57. The summed E-state index contributed by atoms with van der Waals surface area (Å²) in [4.78, 5) is 21.6. The number of halogens is 1. The normalized spacial score (nSPS) is 13.4. The topological polar surface area (TPSA) is 98.0 Å². The molecule has 0 rings (SSSR count). The maximum atomic E-state index is 8.88. The van der Waals surface area contributed by atoms with Crippen molar-refractivity contribution >= 4 is 47.4 Å². The number of rotatable bonds is 2. The molecule has 0 aliphatic heterocycles. The van der Waals surface area contributed by atoms with Crippen molar-refractivity contribution in [3.63, 3.8) is 0 Å². The fourth-order valence-corrected chi connectivity index (χ4v) is 0.982. The minimum absolute atomic E-state index is 0.238. The Bertz CT molecular complexity index is 115. The van der Waals surface area contributed by atoms with Crippen molar-refractivity contribution in [2.75, 3.05) is 5.88 Å². The summed E-state index contributed by atoms with van der Waals surface area (Å²) in [6.07, 6.45) is -0.238. The molecule has 11 heavy (non-hydrogen) atoms. The fraction of sp³-hybridized carbons (Fsp3) is 1.00. The van der Waals surface area contributed by atoms with Crippen LogP contribution >= 0.6 is 19.4 Å². The summed E-state index contributed by atoms with van der Waals surface area (Å²) in [5.74, 6) is 0.392. The van der Waals surface area contributed by atoms with E-state index in [4.69, 9.17) is 36.0 Å². The van der Waals surface area contributed by atoms with Crippen molar-refractivity contribution in [3.05, 3.63) is 0 Å². The van der Waals surface area contributed by atoms with Crippen LogP contribution in [0, 0.1) is 0 Å². The Balaban J connectivity index is 0. The summed E-state index contributed by atoms with van der Waals surface area (Å²) in [6, 6.07) is 0. The second kappa shape index (κ2) is 7.98. The first-order valence-corrected chi connectivity index (χ1v) is 6.35. The van der Waals surface area contributed by atoms with E-state index in [-0.39, 0.29) is 6.10 Å². The molecular formula is C3H9ClNaO5P. The summed E-state index contributed by atoms with van der Waals surface area (Å²) in [5.41, 5.74) is 0. The van der Waals surface area contributed by atoms with Gasteiger partial charge in [-0.05, 0) is 0 Å². The average molecular weight is 215 g/mol. The van der Waals surface area contributed by atoms with E-state index in [1.807, 2.05) is 0 Å². The van der Waals surface area contributed by atoms with Crippen molar-refractivity contribution in [1.82, 2.24) is 0 Å². The Morgan fingerprint density at radius 2 is 1.73 bits per heavy atom. The molecule has 1 unspecified atom stereocenters. The Labute approximate surface area is 87.0 Å². The molecule has 8 heteroatoms. The third-order valence-electron chi connectivity index (χ3n) is 0.649. The van der Waals surface area contributed by atoms with E-state index >= 15 is 0 Å². The quantitative estimate of drug-likeness (QED) is 0.275. The molecule has 0 aromatic carbocycles. The number of hydrogen-bond donors (Lipinski definition) is 4. The van der Waals surface area contributed by atoms with Crippen molar-refractivity contribution < 1.29 is 24.4 Å². The SMILES string of the molecule is O=P(O)(O)O.OC([CH2][Na])CCl. The molecule has 0 radical (unpaired) electrons. The molecular weight excluding hydrogens is 205 g/mol. The molecule has 0 aromatic rings. The van der Waals surface area contributed by atoms with Crippen LogP contribution in [0.2, 0.25) is 3.67 Å². The number of hydrogen-bond acceptors (Lipinski definition) is 2. The third-order valence-corrected chi connectivity index (χ3v) is 1.95. The molecule has 0 heterocycles. The zero-order valence-electron chi connectivity index (χ0n) is 6.01. The van der Waals surface area contributed by atoms with Gasteiger partial charge in [0.1, 0.15) is 0 Å². The molecule has 64 valence electrons. The third kappa shape index (κ3) is 34.6. The predicted octanol–water partition coefficient (Wildman–Crippen LogP) is -0.756. The first-order valence-electron chi connectivity index (χ1n) is 2.83. The maximum absolute atomic E-state index is 8.88. The van der Waals surface area contributed by atoms with Crippen LogP contribution in [0.5, 0.6) is 0 Å². The Morgan fingerprint density at radius 3 is 1.73 bits per heavy atom. The van der Waals surface area contributed by atoms with Crippen LogP contribution in [0.3, 0.4) is 0 Å². The molecule has 0 fully saturated rings. The first-order chi connectivity index (χ1) is 4.81. The van der Waals surface area contributed by atoms with Gasteiger partial charge in [0, 0.05) is 0 Å². The Morgan fingerprint density at radius 1 is 1.45 bits per heavy atom. The Kier molecular flexibility index (Phi) is 10.8. The van der Waals surface area contributed by atoms with Gasteiger partial charge in [-0.1, -0.05) is 0 Å². The van der Waals surface area contributed by atoms with Gasteiger partial charge in [0.05, 0.1) is 0 Å². The van der Waals surface area contributed by atoms with Crippen molar-refractivity contribution in [2.45, 2.75) is 9.77 Å². The summed E-state index contributed by atoms with van der Waals surface area (Å²) in [6.45, 7) is 0. The zero-order chi connectivity index (χ0) is 9.49. The fourth-order valence-electron chi connectivity index (χ4n) is 0.109. The van der Waals surface area contributed by atoms with Gasteiger partial charge >= 0.3 is 68.1 Å². The molecule has 0 saturated carbocycles. The van der Waals surface area contributed by atoms with Gasteiger partial charge in [-0.15, -0.1) is 0 Å². The monoisotopic (exact) mass is 214 g/mol. The van der Waals surface area contributed by atoms with E-state index in [2.05, 4.69) is 0 Å². The van der Waals surface area contributed by atoms with Crippen LogP contribution in [-0.4, -0.2) is 59.7 Å². The molecule has 4 N–H and O–H groups in total. The second-order valence-electron chi connectivity index (χ2n) is 1.73. The first kappa shape index (κ1) is 14.9. The van der Waals surface area contributed by atoms with Gasteiger partial charge < -0.3 is 14.7 Å². The number of aliphatic hydroxyl groups excluding tert-OH is 1. The van der Waals surface area contributed by atoms with Gasteiger partial charge in [-0.2, -0.15) is 0 Å². The molecule has 5 nitrogen and oxygen atoms in total. The zero-order valence-corrected chi connectivity index (χ0v) is 9.66. The van der Waals surface area contributed by atoms with Gasteiger partial charge in [0.15, 0.2) is 0 Å². The van der Waals surface area contributed by atoms with Crippen molar-refractivity contribution in [1.29, 1.82) is 0 Å². The van der Waals surface area contributed by atoms with Crippen LogP contribution in [0.25, 0.3) is 0 Å². The molecule has 0 saturated heterocycles. The number of aliphatic hydroxyl groups is 1. The summed E-state index contributed by atoms with van der Waals surface area (Å²) >= 11 is 6.27. The Hall–Kier alpha value is 1.36. The predicted molar refractivity (Wildman–Crippen MR) is 41.6 cm³/mol. The summed E-state index contributed by atoms with van der Waals surface area (Å²) < 4.78 is 9.77. The molecule has 0 amide bonds. The summed E-state index contributed by atoms with van der Waals surface area (Å²) in [7, 11) is -4.64. The molecule has 0 aliphatic carbocycles. The van der Waals surface area contributed by atoms with Gasteiger partial charge in [-0.25, -0.2) is 4.57 Å².